The number of hydrogen-bond acceptors (Lipinski definition) is 4. The number of hydrogen-bond donors (Lipinski definition) is 2. The molecule has 4 heteroatoms. The van der Waals surface area contributed by atoms with Crippen molar-refractivity contribution in [3.05, 3.63) is 0 Å². The summed E-state index contributed by atoms with van der Waals surface area (Å²) in [5, 5.41) is 0. The molecule has 0 aromatic heterocycles. The van der Waals surface area contributed by atoms with Crippen molar-refractivity contribution in [2.45, 2.75) is 76.5 Å². The third-order valence-corrected chi connectivity index (χ3v) is 5.30. The van der Waals surface area contributed by atoms with Crippen molar-refractivity contribution in [1.29, 1.82) is 0 Å². The van der Waals surface area contributed by atoms with Crippen LogP contribution in [0, 0.1) is 0 Å². The van der Waals surface area contributed by atoms with Gasteiger partial charge in [-0.15, -0.1) is 0 Å². The van der Waals surface area contributed by atoms with Gasteiger partial charge in [-0.1, -0.05) is 6.92 Å². The molecule has 3 atom stereocenters. The largest absolute Gasteiger partial charge is 0.378 e. The molecule has 0 bridgehead atoms. The minimum Gasteiger partial charge on any atom is -0.378 e. The number of ether oxygens (including phenoxy) is 1. The molecular weight excluding hydrogens is 238 g/mol. The fourth-order valence-corrected chi connectivity index (χ4v) is 3.72. The van der Waals surface area contributed by atoms with Crippen LogP contribution < -0.4 is 11.3 Å². The first-order valence-corrected chi connectivity index (χ1v) is 8.03. The SMILES string of the molecule is CCC(C)(C(CCC1CCCO1)NN)N1CCCC1. The van der Waals surface area contributed by atoms with Crippen molar-refractivity contribution >= 4 is 0 Å². The number of hydrazine groups is 1. The molecule has 2 aliphatic rings. The van der Waals surface area contributed by atoms with Gasteiger partial charge < -0.3 is 4.74 Å². The highest BCUT2D eigenvalue weighted by Crippen LogP contribution is 2.30. The molecule has 4 nitrogen and oxygen atoms in total. The first-order valence-electron chi connectivity index (χ1n) is 8.03. The van der Waals surface area contributed by atoms with E-state index in [1.165, 1.54) is 38.8 Å². The van der Waals surface area contributed by atoms with E-state index in [1.807, 2.05) is 0 Å². The molecule has 2 aliphatic heterocycles. The van der Waals surface area contributed by atoms with Crippen LogP contribution in [-0.2, 0) is 4.74 Å². The summed E-state index contributed by atoms with van der Waals surface area (Å²) >= 11 is 0. The highest BCUT2D eigenvalue weighted by Gasteiger charge is 2.39. The fraction of sp³-hybridized carbons (Fsp3) is 1.00. The maximum Gasteiger partial charge on any atom is 0.0576 e. The van der Waals surface area contributed by atoms with Crippen LogP contribution in [0.2, 0.25) is 0 Å². The molecule has 0 aromatic rings. The Labute approximate surface area is 118 Å². The lowest BCUT2D eigenvalue weighted by Gasteiger charge is -2.44. The van der Waals surface area contributed by atoms with Crippen LogP contribution in [0.3, 0.4) is 0 Å². The molecule has 19 heavy (non-hydrogen) atoms. The molecule has 0 radical (unpaired) electrons. The van der Waals surface area contributed by atoms with Crippen LogP contribution in [0.5, 0.6) is 0 Å². The maximum atomic E-state index is 5.87. The van der Waals surface area contributed by atoms with Gasteiger partial charge in [0, 0.05) is 18.2 Å². The van der Waals surface area contributed by atoms with E-state index < -0.39 is 0 Å². The topological polar surface area (TPSA) is 50.5 Å². The molecule has 3 unspecified atom stereocenters. The van der Waals surface area contributed by atoms with Crippen molar-refractivity contribution in [3.8, 4) is 0 Å². The second-order valence-corrected chi connectivity index (χ2v) is 6.34. The van der Waals surface area contributed by atoms with Crippen molar-refractivity contribution in [2.24, 2.45) is 5.84 Å². The summed E-state index contributed by atoms with van der Waals surface area (Å²) in [6.07, 6.45) is 8.98. The predicted octanol–water partition coefficient (Wildman–Crippen LogP) is 2.04. The molecule has 2 saturated heterocycles. The lowest BCUT2D eigenvalue weighted by atomic mass is 9.84. The van der Waals surface area contributed by atoms with Crippen molar-refractivity contribution in [3.63, 3.8) is 0 Å². The van der Waals surface area contributed by atoms with Gasteiger partial charge in [0.05, 0.1) is 6.10 Å². The summed E-state index contributed by atoms with van der Waals surface area (Å²) in [4.78, 5) is 2.63. The van der Waals surface area contributed by atoms with E-state index in [0.29, 0.717) is 12.1 Å². The van der Waals surface area contributed by atoms with Crippen molar-refractivity contribution in [2.75, 3.05) is 19.7 Å². The molecule has 0 spiro atoms. The van der Waals surface area contributed by atoms with Crippen LogP contribution in [0.1, 0.15) is 58.8 Å². The Hall–Kier alpha value is -0.160. The Morgan fingerprint density at radius 1 is 1.37 bits per heavy atom. The van der Waals surface area contributed by atoms with Gasteiger partial charge >= 0.3 is 0 Å². The van der Waals surface area contributed by atoms with E-state index >= 15 is 0 Å². The van der Waals surface area contributed by atoms with Gasteiger partial charge in [0.25, 0.3) is 0 Å². The average molecular weight is 269 g/mol. The Kier molecular flexibility index (Phi) is 5.63. The zero-order chi connectivity index (χ0) is 13.7. The van der Waals surface area contributed by atoms with Gasteiger partial charge in [-0.3, -0.25) is 16.2 Å². The normalized spacial score (nSPS) is 29.5. The Bertz CT molecular complexity index is 262. The number of rotatable bonds is 7. The first kappa shape index (κ1) is 15.2. The van der Waals surface area contributed by atoms with E-state index in [-0.39, 0.29) is 5.54 Å². The van der Waals surface area contributed by atoms with E-state index in [2.05, 4.69) is 24.2 Å². The average Bonchev–Trinajstić information content (AvgIpc) is 3.12. The Balaban J connectivity index is 1.92. The van der Waals surface area contributed by atoms with Crippen LogP contribution in [0.15, 0.2) is 0 Å². The molecule has 2 heterocycles. The molecule has 2 rings (SSSR count). The summed E-state index contributed by atoms with van der Waals surface area (Å²) in [6.45, 7) is 8.06. The summed E-state index contributed by atoms with van der Waals surface area (Å²) < 4.78 is 5.74. The Morgan fingerprint density at radius 3 is 2.63 bits per heavy atom. The first-order chi connectivity index (χ1) is 9.20. The second kappa shape index (κ2) is 7.02. The molecule has 0 aromatic carbocycles. The molecule has 2 fully saturated rings. The maximum absolute atomic E-state index is 5.87. The third-order valence-electron chi connectivity index (χ3n) is 5.30. The number of nitrogens with two attached hydrogens (primary N) is 1. The van der Waals surface area contributed by atoms with E-state index in [4.69, 9.17) is 10.6 Å². The highest BCUT2D eigenvalue weighted by molar-refractivity contribution is 4.97. The van der Waals surface area contributed by atoms with Gasteiger partial charge in [0.2, 0.25) is 0 Å². The predicted molar refractivity (Wildman–Crippen MR) is 78.8 cm³/mol. The van der Waals surface area contributed by atoms with Gasteiger partial charge in [0.1, 0.15) is 0 Å². The highest BCUT2D eigenvalue weighted by atomic mass is 16.5. The minimum atomic E-state index is 0.184. The molecular formula is C15H31N3O. The van der Waals surface area contributed by atoms with E-state index in [9.17, 15) is 0 Å². The minimum absolute atomic E-state index is 0.184. The summed E-state index contributed by atoms with van der Waals surface area (Å²) in [5.74, 6) is 5.87. The third kappa shape index (κ3) is 3.48. The molecule has 0 aliphatic carbocycles. The fourth-order valence-electron chi connectivity index (χ4n) is 3.72. The standard InChI is InChI=1S/C15H31N3O/c1-3-15(2,18-10-4-5-11-18)14(17-16)9-8-13-7-6-12-19-13/h13-14,17H,3-12,16H2,1-2H3. The molecule has 3 N–H and O–H groups in total. The van der Waals surface area contributed by atoms with Crippen molar-refractivity contribution in [1.82, 2.24) is 10.3 Å². The molecule has 0 amide bonds. The van der Waals surface area contributed by atoms with Gasteiger partial charge in [-0.2, -0.15) is 0 Å². The van der Waals surface area contributed by atoms with Gasteiger partial charge in [0.15, 0.2) is 0 Å². The Morgan fingerprint density at radius 2 is 2.11 bits per heavy atom. The second-order valence-electron chi connectivity index (χ2n) is 6.34. The monoisotopic (exact) mass is 269 g/mol. The van der Waals surface area contributed by atoms with E-state index in [1.54, 1.807) is 0 Å². The van der Waals surface area contributed by atoms with Crippen molar-refractivity contribution < 1.29 is 4.74 Å². The summed E-state index contributed by atoms with van der Waals surface area (Å²) in [6, 6.07) is 0.361. The van der Waals surface area contributed by atoms with Crippen LogP contribution in [0.4, 0.5) is 0 Å². The smallest absolute Gasteiger partial charge is 0.0576 e. The van der Waals surface area contributed by atoms with E-state index in [0.717, 1.165) is 25.9 Å². The zero-order valence-electron chi connectivity index (χ0n) is 12.7. The van der Waals surface area contributed by atoms with Gasteiger partial charge in [-0.05, 0) is 65.0 Å². The lowest BCUT2D eigenvalue weighted by molar-refractivity contribution is 0.0607. The molecule has 112 valence electrons. The quantitative estimate of drug-likeness (QED) is 0.548. The van der Waals surface area contributed by atoms with Crippen LogP contribution in [-0.4, -0.2) is 42.3 Å². The van der Waals surface area contributed by atoms with Gasteiger partial charge in [-0.25, -0.2) is 0 Å². The summed E-state index contributed by atoms with van der Waals surface area (Å²) in [5.41, 5.74) is 3.28. The zero-order valence-corrected chi connectivity index (χ0v) is 12.7. The number of nitrogens with zero attached hydrogens (tertiary/aromatic N) is 1. The van der Waals surface area contributed by atoms with Crippen LogP contribution >= 0.6 is 0 Å². The lowest BCUT2D eigenvalue weighted by Crippen LogP contribution is -2.60. The van der Waals surface area contributed by atoms with Crippen LogP contribution in [0.25, 0.3) is 0 Å². The molecule has 0 saturated carbocycles. The number of nitrogens with one attached hydrogen (secondary N) is 1. The summed E-state index contributed by atoms with van der Waals surface area (Å²) in [7, 11) is 0. The number of likely N-dealkylation sites (tertiary alicyclic amines) is 1.